The van der Waals surface area contributed by atoms with Crippen LogP contribution in [0.4, 0.5) is 11.6 Å². The molecule has 0 radical (unpaired) electrons. The van der Waals surface area contributed by atoms with Gasteiger partial charge < -0.3 is 14.8 Å². The van der Waals surface area contributed by atoms with E-state index in [-0.39, 0.29) is 5.91 Å². The highest BCUT2D eigenvalue weighted by molar-refractivity contribution is 5.95. The Morgan fingerprint density at radius 3 is 2.63 bits per heavy atom. The van der Waals surface area contributed by atoms with Crippen LogP contribution in [-0.2, 0) is 18.3 Å². The number of nitrogens with one attached hydrogen (secondary N) is 1. The second-order valence-corrected chi connectivity index (χ2v) is 7.45. The van der Waals surface area contributed by atoms with E-state index in [2.05, 4.69) is 43.8 Å². The first-order valence-electron chi connectivity index (χ1n) is 9.50. The summed E-state index contributed by atoms with van der Waals surface area (Å²) < 4.78 is 2.05. The monoisotopic (exact) mass is 363 g/mol. The molecule has 3 heterocycles. The molecule has 0 spiro atoms. The number of hydrogen-bond donors (Lipinski definition) is 1. The lowest BCUT2D eigenvalue weighted by atomic mass is 10.00. The Morgan fingerprint density at radius 1 is 1.19 bits per heavy atom. The third-order valence-corrected chi connectivity index (χ3v) is 5.32. The molecule has 1 aromatic carbocycles. The van der Waals surface area contributed by atoms with Gasteiger partial charge >= 0.3 is 0 Å². The average Bonchev–Trinajstić information content (AvgIpc) is 2.99. The summed E-state index contributed by atoms with van der Waals surface area (Å²) >= 11 is 0. The Morgan fingerprint density at radius 2 is 1.89 bits per heavy atom. The maximum absolute atomic E-state index is 12.5. The van der Waals surface area contributed by atoms with Crippen molar-refractivity contribution in [3.05, 3.63) is 48.4 Å². The molecule has 1 fully saturated rings. The third-order valence-electron chi connectivity index (χ3n) is 5.32. The van der Waals surface area contributed by atoms with Crippen LogP contribution in [0.15, 0.2) is 42.9 Å². The molecule has 6 heteroatoms. The van der Waals surface area contributed by atoms with E-state index in [0.29, 0.717) is 12.1 Å². The number of aromatic nitrogens is 3. The van der Waals surface area contributed by atoms with Gasteiger partial charge in [-0.3, -0.25) is 4.79 Å². The van der Waals surface area contributed by atoms with Crippen LogP contribution >= 0.6 is 0 Å². The van der Waals surface area contributed by atoms with Crippen LogP contribution < -0.4 is 10.2 Å². The SMILES string of the molecule is CC1CCN(c2ncc(NC(=O)Cc3cn(C)c4ccccc34)cn2)CC1. The fraction of sp³-hybridized carbons (Fsp3) is 0.381. The molecule has 1 aliphatic rings. The standard InChI is InChI=1S/C21H25N5O/c1-15-7-9-26(10-8-15)21-22-12-17(13-23-21)24-20(27)11-16-14-25(2)19-6-4-3-5-18(16)19/h3-6,12-15H,7-11H2,1-2H3,(H,24,27). The number of piperidine rings is 1. The van der Waals surface area contributed by atoms with E-state index in [0.717, 1.165) is 41.4 Å². The first-order valence-corrected chi connectivity index (χ1v) is 9.50. The molecule has 6 nitrogen and oxygen atoms in total. The van der Waals surface area contributed by atoms with Crippen molar-refractivity contribution in [2.75, 3.05) is 23.3 Å². The van der Waals surface area contributed by atoms with E-state index >= 15 is 0 Å². The van der Waals surface area contributed by atoms with Crippen molar-refractivity contribution in [3.8, 4) is 0 Å². The fourth-order valence-electron chi connectivity index (χ4n) is 3.70. The Bertz CT molecular complexity index is 939. The number of hydrogen-bond acceptors (Lipinski definition) is 4. The summed E-state index contributed by atoms with van der Waals surface area (Å²) in [5, 5.41) is 4.02. The van der Waals surface area contributed by atoms with Crippen molar-refractivity contribution < 1.29 is 4.79 Å². The predicted octanol–water partition coefficient (Wildman–Crippen LogP) is 3.39. The Labute approximate surface area is 159 Å². The number of anilines is 2. The normalized spacial score (nSPS) is 15.3. The van der Waals surface area contributed by atoms with Crippen molar-refractivity contribution in [3.63, 3.8) is 0 Å². The molecule has 3 aromatic rings. The van der Waals surface area contributed by atoms with Crippen molar-refractivity contribution in [2.24, 2.45) is 13.0 Å². The Hall–Kier alpha value is -2.89. The number of benzene rings is 1. The van der Waals surface area contributed by atoms with E-state index in [1.165, 1.54) is 12.8 Å². The molecule has 27 heavy (non-hydrogen) atoms. The molecule has 1 aliphatic heterocycles. The minimum Gasteiger partial charge on any atom is -0.350 e. The van der Waals surface area contributed by atoms with Gasteiger partial charge in [0, 0.05) is 37.2 Å². The van der Waals surface area contributed by atoms with Crippen LogP contribution in [0.2, 0.25) is 0 Å². The molecular weight excluding hydrogens is 338 g/mol. The van der Waals surface area contributed by atoms with Gasteiger partial charge in [-0.25, -0.2) is 9.97 Å². The van der Waals surface area contributed by atoms with E-state index < -0.39 is 0 Å². The first kappa shape index (κ1) is 17.5. The molecular formula is C21H25N5O. The molecule has 0 saturated carbocycles. The number of amides is 1. The highest BCUT2D eigenvalue weighted by atomic mass is 16.1. The van der Waals surface area contributed by atoms with Gasteiger partial charge in [-0.2, -0.15) is 0 Å². The zero-order valence-corrected chi connectivity index (χ0v) is 15.9. The zero-order chi connectivity index (χ0) is 18.8. The molecule has 0 unspecified atom stereocenters. The van der Waals surface area contributed by atoms with E-state index in [4.69, 9.17) is 0 Å². The minimum absolute atomic E-state index is 0.0606. The molecule has 0 bridgehead atoms. The highest BCUT2D eigenvalue weighted by Crippen LogP contribution is 2.22. The van der Waals surface area contributed by atoms with Gasteiger partial charge in [-0.1, -0.05) is 25.1 Å². The number of fused-ring (bicyclic) bond motifs is 1. The second-order valence-electron chi connectivity index (χ2n) is 7.45. The molecule has 1 saturated heterocycles. The van der Waals surface area contributed by atoms with E-state index in [1.807, 2.05) is 25.4 Å². The Balaban J connectivity index is 1.40. The first-order chi connectivity index (χ1) is 13.1. The third kappa shape index (κ3) is 3.79. The largest absolute Gasteiger partial charge is 0.350 e. The molecule has 1 amide bonds. The van der Waals surface area contributed by atoms with Gasteiger partial charge in [0.05, 0.1) is 24.5 Å². The van der Waals surface area contributed by atoms with Crippen LogP contribution in [0.1, 0.15) is 25.3 Å². The number of para-hydroxylation sites is 1. The summed E-state index contributed by atoms with van der Waals surface area (Å²) in [5.74, 6) is 1.46. The van der Waals surface area contributed by atoms with Crippen LogP contribution in [0.3, 0.4) is 0 Å². The van der Waals surface area contributed by atoms with Gasteiger partial charge in [0.15, 0.2) is 0 Å². The highest BCUT2D eigenvalue weighted by Gasteiger charge is 2.18. The minimum atomic E-state index is -0.0606. The molecule has 4 rings (SSSR count). The lowest BCUT2D eigenvalue weighted by Gasteiger charge is -2.30. The number of rotatable bonds is 4. The summed E-state index contributed by atoms with van der Waals surface area (Å²) in [7, 11) is 2.00. The number of aryl methyl sites for hydroxylation is 1. The van der Waals surface area contributed by atoms with Crippen LogP contribution in [-0.4, -0.2) is 33.5 Å². The van der Waals surface area contributed by atoms with Crippen LogP contribution in [0.5, 0.6) is 0 Å². The van der Waals surface area contributed by atoms with Gasteiger partial charge in [-0.15, -0.1) is 0 Å². The van der Waals surface area contributed by atoms with Gasteiger partial charge in [0.25, 0.3) is 0 Å². The van der Waals surface area contributed by atoms with Crippen molar-refractivity contribution >= 4 is 28.4 Å². The summed E-state index contributed by atoms with van der Waals surface area (Å²) in [6.07, 6.45) is 8.08. The summed E-state index contributed by atoms with van der Waals surface area (Å²) in [4.78, 5) is 23.6. The summed E-state index contributed by atoms with van der Waals surface area (Å²) in [5.41, 5.74) is 2.78. The van der Waals surface area contributed by atoms with Gasteiger partial charge in [-0.05, 0) is 30.4 Å². The maximum atomic E-state index is 12.5. The van der Waals surface area contributed by atoms with Gasteiger partial charge in [0.2, 0.25) is 11.9 Å². The van der Waals surface area contributed by atoms with Crippen molar-refractivity contribution in [2.45, 2.75) is 26.2 Å². The Kier molecular flexibility index (Phi) is 4.79. The van der Waals surface area contributed by atoms with Crippen molar-refractivity contribution in [1.29, 1.82) is 0 Å². The summed E-state index contributed by atoms with van der Waals surface area (Å²) in [6.45, 7) is 4.27. The second kappa shape index (κ2) is 7.39. The number of nitrogens with zero attached hydrogens (tertiary/aromatic N) is 4. The summed E-state index contributed by atoms with van der Waals surface area (Å²) in [6, 6.07) is 8.12. The predicted molar refractivity (Wildman–Crippen MR) is 108 cm³/mol. The quantitative estimate of drug-likeness (QED) is 0.772. The number of carbonyl (C=O) groups excluding carboxylic acids is 1. The van der Waals surface area contributed by atoms with Gasteiger partial charge in [0.1, 0.15) is 0 Å². The smallest absolute Gasteiger partial charge is 0.228 e. The molecule has 2 aromatic heterocycles. The maximum Gasteiger partial charge on any atom is 0.228 e. The molecule has 140 valence electrons. The lowest BCUT2D eigenvalue weighted by Crippen LogP contribution is -2.34. The average molecular weight is 363 g/mol. The molecule has 0 aliphatic carbocycles. The lowest BCUT2D eigenvalue weighted by molar-refractivity contribution is -0.115. The van der Waals surface area contributed by atoms with Crippen molar-refractivity contribution in [1.82, 2.24) is 14.5 Å². The van der Waals surface area contributed by atoms with E-state index in [9.17, 15) is 4.79 Å². The topological polar surface area (TPSA) is 63.1 Å². The van der Waals surface area contributed by atoms with E-state index in [1.54, 1.807) is 12.4 Å². The molecule has 1 N–H and O–H groups in total. The fourth-order valence-corrected chi connectivity index (χ4v) is 3.70. The zero-order valence-electron chi connectivity index (χ0n) is 15.9. The molecule has 0 atom stereocenters. The number of carbonyl (C=O) groups is 1. The van der Waals surface area contributed by atoms with Crippen LogP contribution in [0, 0.1) is 5.92 Å². The van der Waals surface area contributed by atoms with Crippen LogP contribution in [0.25, 0.3) is 10.9 Å².